The van der Waals surface area contributed by atoms with Crippen LogP contribution in [0.1, 0.15) is 11.7 Å². The predicted octanol–water partition coefficient (Wildman–Crippen LogP) is 3.22. The third-order valence-corrected chi connectivity index (χ3v) is 2.52. The van der Waals surface area contributed by atoms with Crippen LogP contribution in [-0.4, -0.2) is 11.7 Å². The Morgan fingerprint density at radius 2 is 1.74 bits per heavy atom. The summed E-state index contributed by atoms with van der Waals surface area (Å²) in [5.74, 6) is -1.65. The van der Waals surface area contributed by atoms with E-state index < -0.39 is 23.6 Å². The zero-order valence-corrected chi connectivity index (χ0v) is 9.82. The second-order valence-electron chi connectivity index (χ2n) is 3.95. The van der Waals surface area contributed by atoms with Gasteiger partial charge in [0.15, 0.2) is 0 Å². The van der Waals surface area contributed by atoms with Gasteiger partial charge in [0.25, 0.3) is 0 Å². The van der Waals surface area contributed by atoms with Crippen LogP contribution in [0, 0.1) is 17.5 Å². The van der Waals surface area contributed by atoms with Crippen LogP contribution in [0.5, 0.6) is 5.75 Å². The molecule has 0 amide bonds. The van der Waals surface area contributed by atoms with E-state index in [1.54, 1.807) is 0 Å². The van der Waals surface area contributed by atoms with Gasteiger partial charge in [0.2, 0.25) is 0 Å². The summed E-state index contributed by atoms with van der Waals surface area (Å²) in [4.78, 5) is 0. The Hall–Kier alpha value is -2.01. The maximum Gasteiger partial charge on any atom is 0.129 e. The number of ether oxygens (including phenoxy) is 1. The molecule has 0 radical (unpaired) electrons. The van der Waals surface area contributed by atoms with Crippen molar-refractivity contribution >= 4 is 0 Å². The normalized spacial score (nSPS) is 12.2. The maximum atomic E-state index is 13.4. The van der Waals surface area contributed by atoms with E-state index in [0.717, 1.165) is 24.3 Å². The lowest BCUT2D eigenvalue weighted by Gasteiger charge is -2.13. The van der Waals surface area contributed by atoms with Crippen molar-refractivity contribution < 1.29 is 23.0 Å². The van der Waals surface area contributed by atoms with Crippen LogP contribution in [0.15, 0.2) is 42.5 Å². The van der Waals surface area contributed by atoms with Gasteiger partial charge in [-0.05, 0) is 30.3 Å². The van der Waals surface area contributed by atoms with E-state index in [9.17, 15) is 18.3 Å². The quantitative estimate of drug-likeness (QED) is 0.922. The van der Waals surface area contributed by atoms with Gasteiger partial charge in [-0.1, -0.05) is 6.07 Å². The number of rotatable bonds is 4. The summed E-state index contributed by atoms with van der Waals surface area (Å²) in [5, 5.41) is 9.73. The summed E-state index contributed by atoms with van der Waals surface area (Å²) in [7, 11) is 0. The standard InChI is InChI=1S/C14H11F3O2/c15-9-2-1-3-11(6-9)19-8-14(18)12-7-10(16)4-5-13(12)17/h1-7,14,18H,8H2. The minimum absolute atomic E-state index is 0.198. The number of aliphatic hydroxyl groups is 1. The van der Waals surface area contributed by atoms with Crippen molar-refractivity contribution in [3.63, 3.8) is 0 Å². The Balaban J connectivity index is 2.05. The summed E-state index contributed by atoms with van der Waals surface area (Å²) in [6.07, 6.45) is -1.33. The van der Waals surface area contributed by atoms with Crippen LogP contribution in [0.25, 0.3) is 0 Å². The molecule has 0 aliphatic heterocycles. The van der Waals surface area contributed by atoms with Crippen LogP contribution in [0.4, 0.5) is 13.2 Å². The van der Waals surface area contributed by atoms with Crippen LogP contribution in [-0.2, 0) is 0 Å². The third kappa shape index (κ3) is 3.48. The summed E-state index contributed by atoms with van der Waals surface area (Å²) < 4.78 is 44.3. The Morgan fingerprint density at radius 3 is 2.47 bits per heavy atom. The molecule has 1 N–H and O–H groups in total. The molecule has 0 aliphatic rings. The predicted molar refractivity (Wildman–Crippen MR) is 63.2 cm³/mol. The van der Waals surface area contributed by atoms with E-state index in [4.69, 9.17) is 4.74 Å². The van der Waals surface area contributed by atoms with Gasteiger partial charge in [-0.3, -0.25) is 0 Å². The molecule has 0 bridgehead atoms. The lowest BCUT2D eigenvalue weighted by molar-refractivity contribution is 0.104. The van der Waals surface area contributed by atoms with Gasteiger partial charge in [-0.25, -0.2) is 13.2 Å². The third-order valence-electron chi connectivity index (χ3n) is 2.52. The largest absolute Gasteiger partial charge is 0.490 e. The minimum atomic E-state index is -1.33. The first kappa shape index (κ1) is 13.4. The lowest BCUT2D eigenvalue weighted by Crippen LogP contribution is -2.11. The lowest BCUT2D eigenvalue weighted by atomic mass is 10.1. The highest BCUT2D eigenvalue weighted by Crippen LogP contribution is 2.20. The number of benzene rings is 2. The van der Waals surface area contributed by atoms with Crippen molar-refractivity contribution in [3.05, 3.63) is 65.5 Å². The van der Waals surface area contributed by atoms with Crippen molar-refractivity contribution in [2.24, 2.45) is 0 Å². The Bertz CT molecular complexity index is 572. The first-order valence-corrected chi connectivity index (χ1v) is 5.57. The van der Waals surface area contributed by atoms with Crippen molar-refractivity contribution in [1.29, 1.82) is 0 Å². The minimum Gasteiger partial charge on any atom is -0.490 e. The molecule has 0 aromatic heterocycles. The first-order valence-electron chi connectivity index (χ1n) is 5.57. The zero-order chi connectivity index (χ0) is 13.8. The molecule has 0 fully saturated rings. The molecule has 2 rings (SSSR count). The molecular weight excluding hydrogens is 257 g/mol. The molecule has 1 atom stereocenters. The summed E-state index contributed by atoms with van der Waals surface area (Å²) >= 11 is 0. The molecule has 19 heavy (non-hydrogen) atoms. The molecule has 5 heteroatoms. The molecule has 2 aromatic carbocycles. The fraction of sp³-hybridized carbons (Fsp3) is 0.143. The summed E-state index contributed by atoms with van der Waals surface area (Å²) in [5.41, 5.74) is -0.198. The first-order chi connectivity index (χ1) is 9.06. The smallest absolute Gasteiger partial charge is 0.129 e. The highest BCUT2D eigenvalue weighted by Gasteiger charge is 2.14. The molecule has 100 valence electrons. The van der Waals surface area contributed by atoms with E-state index in [1.807, 2.05) is 0 Å². The number of aliphatic hydroxyl groups excluding tert-OH is 1. The Kier molecular flexibility index (Phi) is 4.06. The number of hydrogen-bond acceptors (Lipinski definition) is 2. The van der Waals surface area contributed by atoms with E-state index in [1.165, 1.54) is 18.2 Å². The van der Waals surface area contributed by atoms with Gasteiger partial charge in [-0.2, -0.15) is 0 Å². The van der Waals surface area contributed by atoms with Gasteiger partial charge in [0.05, 0.1) is 0 Å². The Labute approximate surface area is 108 Å². The van der Waals surface area contributed by atoms with Gasteiger partial charge in [0.1, 0.15) is 35.9 Å². The van der Waals surface area contributed by atoms with E-state index in [0.29, 0.717) is 0 Å². The van der Waals surface area contributed by atoms with E-state index >= 15 is 0 Å². The number of halogens is 3. The second-order valence-corrected chi connectivity index (χ2v) is 3.95. The van der Waals surface area contributed by atoms with Gasteiger partial charge >= 0.3 is 0 Å². The summed E-state index contributed by atoms with van der Waals surface area (Å²) in [6.45, 7) is -0.302. The number of hydrogen-bond donors (Lipinski definition) is 1. The van der Waals surface area contributed by atoms with E-state index in [2.05, 4.69) is 0 Å². The van der Waals surface area contributed by atoms with Crippen LogP contribution < -0.4 is 4.74 Å². The second kappa shape index (κ2) is 5.75. The highest BCUT2D eigenvalue weighted by atomic mass is 19.1. The molecule has 0 aliphatic carbocycles. The highest BCUT2D eigenvalue weighted by molar-refractivity contribution is 5.24. The molecule has 1 unspecified atom stereocenters. The topological polar surface area (TPSA) is 29.5 Å². The average molecular weight is 268 g/mol. The van der Waals surface area contributed by atoms with Crippen molar-refractivity contribution in [3.8, 4) is 5.75 Å². The van der Waals surface area contributed by atoms with Crippen LogP contribution >= 0.6 is 0 Å². The summed E-state index contributed by atoms with van der Waals surface area (Å²) in [6, 6.07) is 8.10. The molecular formula is C14H11F3O2. The monoisotopic (exact) mass is 268 g/mol. The fourth-order valence-electron chi connectivity index (χ4n) is 1.59. The fourth-order valence-corrected chi connectivity index (χ4v) is 1.59. The molecule has 2 nitrogen and oxygen atoms in total. The van der Waals surface area contributed by atoms with Crippen molar-refractivity contribution in [2.75, 3.05) is 6.61 Å². The molecule has 0 heterocycles. The van der Waals surface area contributed by atoms with Crippen molar-refractivity contribution in [2.45, 2.75) is 6.10 Å². The Morgan fingerprint density at radius 1 is 1.00 bits per heavy atom. The van der Waals surface area contributed by atoms with Gasteiger partial charge in [-0.15, -0.1) is 0 Å². The average Bonchev–Trinajstić information content (AvgIpc) is 2.39. The molecule has 0 saturated carbocycles. The van der Waals surface area contributed by atoms with Crippen LogP contribution in [0.3, 0.4) is 0 Å². The van der Waals surface area contributed by atoms with Crippen LogP contribution in [0.2, 0.25) is 0 Å². The van der Waals surface area contributed by atoms with Gasteiger partial charge < -0.3 is 9.84 Å². The SMILES string of the molecule is OC(COc1cccc(F)c1)c1cc(F)ccc1F. The molecule has 0 saturated heterocycles. The molecule has 2 aromatic rings. The van der Waals surface area contributed by atoms with Crippen molar-refractivity contribution in [1.82, 2.24) is 0 Å². The van der Waals surface area contributed by atoms with E-state index in [-0.39, 0.29) is 17.9 Å². The molecule has 0 spiro atoms. The maximum absolute atomic E-state index is 13.4. The zero-order valence-electron chi connectivity index (χ0n) is 9.82. The van der Waals surface area contributed by atoms with Gasteiger partial charge in [0, 0.05) is 11.6 Å².